The van der Waals surface area contributed by atoms with E-state index in [0.29, 0.717) is 13.1 Å². The third-order valence-electron chi connectivity index (χ3n) is 4.22. The Bertz CT molecular complexity index is 899. The van der Waals surface area contributed by atoms with Crippen LogP contribution in [-0.2, 0) is 21.4 Å². The fraction of sp³-hybridized carbons (Fsp3) is 0.412. The van der Waals surface area contributed by atoms with Gasteiger partial charge in [0.25, 0.3) is 15.9 Å². The number of sulfonamides is 1. The van der Waals surface area contributed by atoms with Gasteiger partial charge in [-0.15, -0.1) is 11.3 Å². The van der Waals surface area contributed by atoms with Gasteiger partial charge in [-0.2, -0.15) is 4.31 Å². The predicted molar refractivity (Wildman–Crippen MR) is 99.8 cm³/mol. The zero-order valence-electron chi connectivity index (χ0n) is 14.8. The maximum Gasteiger partial charge on any atom is 0.287 e. The third-order valence-corrected chi connectivity index (χ3v) is 7.67. The molecule has 1 fully saturated rings. The first-order valence-corrected chi connectivity index (χ1v) is 10.8. The summed E-state index contributed by atoms with van der Waals surface area (Å²) < 4.78 is 31.8. The van der Waals surface area contributed by atoms with Crippen LogP contribution in [0.5, 0.6) is 0 Å². The van der Waals surface area contributed by atoms with Crippen LogP contribution >= 0.6 is 11.3 Å². The number of amides is 2. The molecule has 0 aliphatic carbocycles. The van der Waals surface area contributed by atoms with Crippen LogP contribution in [0.4, 0.5) is 0 Å². The second kappa shape index (κ2) is 8.24. The smallest absolute Gasteiger partial charge is 0.287 e. The minimum absolute atomic E-state index is 0.129. The first-order chi connectivity index (χ1) is 12.9. The first kappa shape index (κ1) is 19.6. The average molecular weight is 412 g/mol. The Kier molecular flexibility index (Phi) is 5.98. The van der Waals surface area contributed by atoms with Gasteiger partial charge in [0.15, 0.2) is 5.76 Å². The molecule has 0 bridgehead atoms. The fourth-order valence-electron chi connectivity index (χ4n) is 2.72. The lowest BCUT2D eigenvalue weighted by Gasteiger charge is -2.14. The molecule has 0 aromatic carbocycles. The fourth-order valence-corrected chi connectivity index (χ4v) is 5.68. The average Bonchev–Trinajstić information content (AvgIpc) is 3.42. The van der Waals surface area contributed by atoms with E-state index >= 15 is 0 Å². The highest BCUT2D eigenvalue weighted by molar-refractivity contribution is 7.91. The molecule has 3 rings (SSSR count). The zero-order chi connectivity index (χ0) is 19.4. The lowest BCUT2D eigenvalue weighted by Crippen LogP contribution is -2.44. The van der Waals surface area contributed by atoms with Gasteiger partial charge in [-0.25, -0.2) is 8.42 Å². The number of nitrogens with zero attached hydrogens (tertiary/aromatic N) is 1. The van der Waals surface area contributed by atoms with Crippen LogP contribution in [0.25, 0.3) is 0 Å². The molecule has 27 heavy (non-hydrogen) atoms. The van der Waals surface area contributed by atoms with Crippen LogP contribution in [0.15, 0.2) is 39.2 Å². The highest BCUT2D eigenvalue weighted by Gasteiger charge is 2.28. The second-order valence-electron chi connectivity index (χ2n) is 6.22. The predicted octanol–water partition coefficient (Wildman–Crippen LogP) is 1.56. The molecular weight excluding hydrogens is 390 g/mol. The molecular formula is C17H21N3O5S2. The standard InChI is InChI=1S/C17H21N3O5S2/c1-12(19-17(22)14-5-4-10-25-14)16(21)18-11-13-6-7-15(26-13)27(23,24)20-8-2-3-9-20/h4-7,10,12H,2-3,8-9,11H2,1H3,(H,18,21)(H,19,22). The Hall–Kier alpha value is -2.17. The van der Waals surface area contributed by atoms with Crippen molar-refractivity contribution in [2.45, 2.75) is 36.6 Å². The summed E-state index contributed by atoms with van der Waals surface area (Å²) in [6.07, 6.45) is 3.15. The van der Waals surface area contributed by atoms with E-state index in [1.807, 2.05) is 0 Å². The van der Waals surface area contributed by atoms with Gasteiger partial charge in [0.1, 0.15) is 10.3 Å². The molecule has 1 saturated heterocycles. The maximum absolute atomic E-state index is 12.5. The summed E-state index contributed by atoms with van der Waals surface area (Å²) in [5.41, 5.74) is 0. The van der Waals surface area contributed by atoms with Gasteiger partial charge in [0.2, 0.25) is 5.91 Å². The number of rotatable bonds is 7. The summed E-state index contributed by atoms with van der Waals surface area (Å²) >= 11 is 1.15. The van der Waals surface area contributed by atoms with E-state index in [4.69, 9.17) is 4.42 Å². The van der Waals surface area contributed by atoms with E-state index in [1.54, 1.807) is 25.1 Å². The van der Waals surface area contributed by atoms with Gasteiger partial charge in [0.05, 0.1) is 12.8 Å². The normalized spacial score (nSPS) is 16.2. The molecule has 1 unspecified atom stereocenters. The van der Waals surface area contributed by atoms with Crippen LogP contribution in [0.3, 0.4) is 0 Å². The van der Waals surface area contributed by atoms with Crippen molar-refractivity contribution in [2.24, 2.45) is 0 Å². The van der Waals surface area contributed by atoms with Gasteiger partial charge in [0, 0.05) is 18.0 Å². The number of nitrogens with one attached hydrogen (secondary N) is 2. The van der Waals surface area contributed by atoms with E-state index in [9.17, 15) is 18.0 Å². The Labute approximate surface area is 161 Å². The molecule has 3 heterocycles. The van der Waals surface area contributed by atoms with Gasteiger partial charge < -0.3 is 15.1 Å². The number of furan rings is 1. The molecule has 10 heteroatoms. The Morgan fingerprint density at radius 1 is 1.26 bits per heavy atom. The molecule has 1 aliphatic heterocycles. The maximum atomic E-state index is 12.5. The number of carbonyl (C=O) groups is 2. The number of hydrogen-bond acceptors (Lipinski definition) is 6. The lowest BCUT2D eigenvalue weighted by molar-refractivity contribution is -0.122. The van der Waals surface area contributed by atoms with Crippen LogP contribution < -0.4 is 10.6 Å². The molecule has 0 spiro atoms. The Morgan fingerprint density at radius 2 is 2.00 bits per heavy atom. The van der Waals surface area contributed by atoms with Crippen LogP contribution in [-0.4, -0.2) is 43.7 Å². The molecule has 8 nitrogen and oxygen atoms in total. The topological polar surface area (TPSA) is 109 Å². The van der Waals surface area contributed by atoms with Crippen LogP contribution in [0, 0.1) is 0 Å². The molecule has 2 aromatic rings. The van der Waals surface area contributed by atoms with Crippen molar-refractivity contribution in [3.8, 4) is 0 Å². The summed E-state index contributed by atoms with van der Waals surface area (Å²) in [4.78, 5) is 24.8. The van der Waals surface area contributed by atoms with Crippen molar-refractivity contribution in [2.75, 3.05) is 13.1 Å². The molecule has 2 amide bonds. The minimum Gasteiger partial charge on any atom is -0.459 e. The second-order valence-corrected chi connectivity index (χ2v) is 9.56. The summed E-state index contributed by atoms with van der Waals surface area (Å²) in [5, 5.41) is 5.24. The van der Waals surface area contributed by atoms with Crippen molar-refractivity contribution in [1.82, 2.24) is 14.9 Å². The van der Waals surface area contributed by atoms with E-state index in [0.717, 1.165) is 29.1 Å². The number of thiophene rings is 1. The number of carbonyl (C=O) groups excluding carboxylic acids is 2. The van der Waals surface area contributed by atoms with Crippen molar-refractivity contribution in [3.63, 3.8) is 0 Å². The molecule has 0 radical (unpaired) electrons. The van der Waals surface area contributed by atoms with E-state index in [2.05, 4.69) is 10.6 Å². The zero-order valence-corrected chi connectivity index (χ0v) is 16.4. The Balaban J connectivity index is 1.53. The summed E-state index contributed by atoms with van der Waals surface area (Å²) in [7, 11) is -3.44. The molecule has 146 valence electrons. The molecule has 0 saturated carbocycles. The highest BCUT2D eigenvalue weighted by atomic mass is 32.2. The molecule has 1 aliphatic rings. The molecule has 2 N–H and O–H groups in total. The van der Waals surface area contributed by atoms with E-state index in [1.165, 1.54) is 16.6 Å². The van der Waals surface area contributed by atoms with E-state index in [-0.39, 0.29) is 22.4 Å². The Morgan fingerprint density at radius 3 is 2.67 bits per heavy atom. The van der Waals surface area contributed by atoms with Gasteiger partial charge >= 0.3 is 0 Å². The van der Waals surface area contributed by atoms with Crippen molar-refractivity contribution < 1.29 is 22.4 Å². The lowest BCUT2D eigenvalue weighted by atomic mass is 10.3. The van der Waals surface area contributed by atoms with Crippen molar-refractivity contribution in [1.29, 1.82) is 0 Å². The van der Waals surface area contributed by atoms with Crippen LogP contribution in [0.2, 0.25) is 0 Å². The molecule has 2 aromatic heterocycles. The third kappa shape index (κ3) is 4.57. The highest BCUT2D eigenvalue weighted by Crippen LogP contribution is 2.27. The molecule has 1 atom stereocenters. The summed E-state index contributed by atoms with van der Waals surface area (Å²) in [6, 6.07) is 5.61. The van der Waals surface area contributed by atoms with Gasteiger partial charge in [-0.1, -0.05) is 0 Å². The minimum atomic E-state index is -3.44. The largest absolute Gasteiger partial charge is 0.459 e. The summed E-state index contributed by atoms with van der Waals surface area (Å²) in [6.45, 7) is 2.87. The SMILES string of the molecule is CC(NC(=O)c1ccco1)C(=O)NCc1ccc(S(=O)(=O)N2CCCC2)s1. The quantitative estimate of drug-likeness (QED) is 0.719. The van der Waals surface area contributed by atoms with Gasteiger partial charge in [-0.3, -0.25) is 9.59 Å². The monoisotopic (exact) mass is 411 g/mol. The number of hydrogen-bond donors (Lipinski definition) is 2. The van der Waals surface area contributed by atoms with Crippen molar-refractivity contribution >= 4 is 33.2 Å². The van der Waals surface area contributed by atoms with E-state index < -0.39 is 22.0 Å². The van der Waals surface area contributed by atoms with Crippen molar-refractivity contribution in [3.05, 3.63) is 41.2 Å². The summed E-state index contributed by atoms with van der Waals surface area (Å²) in [5.74, 6) is -0.713. The first-order valence-electron chi connectivity index (χ1n) is 8.59. The van der Waals surface area contributed by atoms with Gasteiger partial charge in [-0.05, 0) is 44.0 Å². The van der Waals surface area contributed by atoms with Crippen LogP contribution in [0.1, 0.15) is 35.2 Å².